The van der Waals surface area contributed by atoms with Gasteiger partial charge in [-0.15, -0.1) is 0 Å². The summed E-state index contributed by atoms with van der Waals surface area (Å²) in [6, 6.07) is 7.70. The molecule has 1 aromatic rings. The Morgan fingerprint density at radius 3 is 2.36 bits per heavy atom. The smallest absolute Gasteiger partial charge is 0.313 e. The molecule has 1 aliphatic heterocycles. The molecule has 2 rings (SSSR count). The summed E-state index contributed by atoms with van der Waals surface area (Å²) in [4.78, 5) is 28.8. The van der Waals surface area contributed by atoms with Gasteiger partial charge in [0.05, 0.1) is 11.4 Å². The normalized spacial score (nSPS) is 15.9. The molecule has 6 heteroatoms. The Bertz CT molecular complexity index is 595. The van der Waals surface area contributed by atoms with Crippen molar-refractivity contribution in [3.63, 3.8) is 0 Å². The number of hydrogen-bond donors (Lipinski definition) is 2. The van der Waals surface area contributed by atoms with Crippen LogP contribution < -0.4 is 15.5 Å². The molecule has 1 saturated heterocycles. The van der Waals surface area contributed by atoms with E-state index in [0.29, 0.717) is 18.2 Å². The quantitative estimate of drug-likeness (QED) is 0.773. The summed E-state index contributed by atoms with van der Waals surface area (Å²) in [6.45, 7) is 6.95. The second-order valence-electron chi connectivity index (χ2n) is 7.13. The number of nitrogens with one attached hydrogen (secondary N) is 2. The molecule has 138 valence electrons. The molecule has 1 unspecified atom stereocenters. The van der Waals surface area contributed by atoms with Crippen LogP contribution in [0.5, 0.6) is 0 Å². The van der Waals surface area contributed by atoms with Crippen molar-refractivity contribution in [3.05, 3.63) is 24.3 Å². The zero-order chi connectivity index (χ0) is 18.4. The lowest BCUT2D eigenvalue weighted by Gasteiger charge is -2.30. The predicted octanol–water partition coefficient (Wildman–Crippen LogP) is 1.93. The first-order chi connectivity index (χ1) is 11.9. The molecule has 0 aliphatic carbocycles. The molecule has 1 aromatic carbocycles. The van der Waals surface area contributed by atoms with Gasteiger partial charge < -0.3 is 15.5 Å². The molecule has 1 fully saturated rings. The van der Waals surface area contributed by atoms with Crippen LogP contribution in [0, 0.1) is 5.92 Å². The zero-order valence-electron chi connectivity index (χ0n) is 15.7. The molecule has 1 aliphatic rings. The van der Waals surface area contributed by atoms with Crippen molar-refractivity contribution in [2.24, 2.45) is 5.92 Å². The minimum absolute atomic E-state index is 0.272. The Hall–Kier alpha value is -2.08. The van der Waals surface area contributed by atoms with Crippen LogP contribution in [0.15, 0.2) is 24.3 Å². The van der Waals surface area contributed by atoms with E-state index in [-0.39, 0.29) is 6.04 Å². The highest BCUT2D eigenvalue weighted by Gasteiger charge is 2.26. The Balaban J connectivity index is 1.93. The molecule has 0 aromatic heterocycles. The highest BCUT2D eigenvalue weighted by Crippen LogP contribution is 2.23. The van der Waals surface area contributed by atoms with Gasteiger partial charge >= 0.3 is 11.8 Å². The second kappa shape index (κ2) is 8.85. The van der Waals surface area contributed by atoms with Gasteiger partial charge in [-0.3, -0.25) is 14.5 Å². The van der Waals surface area contributed by atoms with E-state index in [1.807, 2.05) is 37.2 Å². The van der Waals surface area contributed by atoms with Gasteiger partial charge in [-0.05, 0) is 44.0 Å². The maximum Gasteiger partial charge on any atom is 0.313 e. The number of anilines is 2. The van der Waals surface area contributed by atoms with Gasteiger partial charge in [-0.25, -0.2) is 0 Å². The van der Waals surface area contributed by atoms with Crippen LogP contribution >= 0.6 is 0 Å². The topological polar surface area (TPSA) is 64.7 Å². The Kier molecular flexibility index (Phi) is 6.82. The third-order valence-electron chi connectivity index (χ3n) is 4.69. The Morgan fingerprint density at radius 2 is 1.76 bits per heavy atom. The molecule has 0 bridgehead atoms. The molecule has 0 spiro atoms. The zero-order valence-corrected chi connectivity index (χ0v) is 15.7. The van der Waals surface area contributed by atoms with Gasteiger partial charge in [0.2, 0.25) is 0 Å². The third-order valence-corrected chi connectivity index (χ3v) is 4.69. The van der Waals surface area contributed by atoms with E-state index in [1.54, 1.807) is 6.07 Å². The number of amides is 2. The van der Waals surface area contributed by atoms with Crippen LogP contribution in [-0.4, -0.2) is 56.5 Å². The van der Waals surface area contributed by atoms with E-state index in [2.05, 4.69) is 29.4 Å². The molecule has 0 radical (unpaired) electrons. The first-order valence-corrected chi connectivity index (χ1v) is 8.99. The maximum atomic E-state index is 12.2. The summed E-state index contributed by atoms with van der Waals surface area (Å²) in [5, 5.41) is 5.51. The van der Waals surface area contributed by atoms with Crippen LogP contribution in [0.3, 0.4) is 0 Å². The minimum atomic E-state index is -0.627. The molecular formula is C19H30N4O2. The average molecular weight is 346 g/mol. The standard InChI is InChI=1S/C19H30N4O2/c1-14(2)17(23-11-7-8-12-23)13-20-18(24)19(25)21-15-9-5-6-10-16(15)22(3)4/h5-6,9-10,14,17H,7-8,11-13H2,1-4H3,(H,20,24)(H,21,25). The molecule has 1 atom stereocenters. The van der Waals surface area contributed by atoms with Crippen molar-refractivity contribution in [1.82, 2.24) is 10.2 Å². The van der Waals surface area contributed by atoms with Crippen molar-refractivity contribution in [2.45, 2.75) is 32.7 Å². The molecule has 2 N–H and O–H groups in total. The van der Waals surface area contributed by atoms with Crippen molar-refractivity contribution in [2.75, 3.05) is 43.9 Å². The highest BCUT2D eigenvalue weighted by molar-refractivity contribution is 6.39. The van der Waals surface area contributed by atoms with E-state index >= 15 is 0 Å². The van der Waals surface area contributed by atoms with Gasteiger partial charge in [0.15, 0.2) is 0 Å². The SMILES string of the molecule is CC(C)C(CNC(=O)C(=O)Nc1ccccc1N(C)C)N1CCCC1. The van der Waals surface area contributed by atoms with Crippen LogP contribution in [0.2, 0.25) is 0 Å². The molecule has 0 saturated carbocycles. The van der Waals surface area contributed by atoms with Crippen molar-refractivity contribution >= 4 is 23.2 Å². The monoisotopic (exact) mass is 346 g/mol. The first-order valence-electron chi connectivity index (χ1n) is 8.99. The summed E-state index contributed by atoms with van der Waals surface area (Å²) < 4.78 is 0. The fourth-order valence-corrected chi connectivity index (χ4v) is 3.29. The number of para-hydroxylation sites is 2. The number of likely N-dealkylation sites (tertiary alicyclic amines) is 1. The summed E-state index contributed by atoms with van der Waals surface area (Å²) in [6.07, 6.45) is 2.41. The molecular weight excluding hydrogens is 316 g/mol. The van der Waals surface area contributed by atoms with Crippen molar-refractivity contribution in [3.8, 4) is 0 Å². The summed E-state index contributed by atoms with van der Waals surface area (Å²) in [7, 11) is 3.79. The van der Waals surface area contributed by atoms with Crippen LogP contribution in [0.25, 0.3) is 0 Å². The average Bonchev–Trinajstić information content (AvgIpc) is 3.09. The summed E-state index contributed by atoms with van der Waals surface area (Å²) >= 11 is 0. The van der Waals surface area contributed by atoms with Gasteiger partial charge in [0.25, 0.3) is 0 Å². The molecule has 6 nitrogen and oxygen atoms in total. The van der Waals surface area contributed by atoms with Crippen LogP contribution in [0.1, 0.15) is 26.7 Å². The highest BCUT2D eigenvalue weighted by atomic mass is 16.2. The van der Waals surface area contributed by atoms with Gasteiger partial charge in [0.1, 0.15) is 0 Å². The number of rotatable bonds is 6. The van der Waals surface area contributed by atoms with E-state index < -0.39 is 11.8 Å². The number of nitrogens with zero attached hydrogens (tertiary/aromatic N) is 2. The lowest BCUT2D eigenvalue weighted by Crippen LogP contribution is -2.47. The first kappa shape index (κ1) is 19.2. The lowest BCUT2D eigenvalue weighted by atomic mass is 10.0. The van der Waals surface area contributed by atoms with Crippen molar-refractivity contribution < 1.29 is 9.59 Å². The molecule has 1 heterocycles. The van der Waals surface area contributed by atoms with E-state index in [4.69, 9.17) is 0 Å². The summed E-state index contributed by atoms with van der Waals surface area (Å²) in [5.74, 6) is -0.785. The molecule has 2 amide bonds. The van der Waals surface area contributed by atoms with Gasteiger partial charge in [-0.2, -0.15) is 0 Å². The van der Waals surface area contributed by atoms with Gasteiger partial charge in [0, 0.05) is 26.7 Å². The summed E-state index contributed by atoms with van der Waals surface area (Å²) in [5.41, 5.74) is 1.49. The largest absolute Gasteiger partial charge is 0.376 e. The number of benzene rings is 1. The fourth-order valence-electron chi connectivity index (χ4n) is 3.29. The Morgan fingerprint density at radius 1 is 1.12 bits per heavy atom. The lowest BCUT2D eigenvalue weighted by molar-refractivity contribution is -0.136. The van der Waals surface area contributed by atoms with Gasteiger partial charge in [-0.1, -0.05) is 26.0 Å². The third kappa shape index (κ3) is 5.19. The maximum absolute atomic E-state index is 12.2. The van der Waals surface area contributed by atoms with Crippen LogP contribution in [-0.2, 0) is 9.59 Å². The number of carbonyl (C=O) groups excluding carboxylic acids is 2. The van der Waals surface area contributed by atoms with E-state index in [0.717, 1.165) is 18.8 Å². The number of carbonyl (C=O) groups is 2. The van der Waals surface area contributed by atoms with Crippen LogP contribution in [0.4, 0.5) is 11.4 Å². The minimum Gasteiger partial charge on any atom is -0.376 e. The van der Waals surface area contributed by atoms with Crippen molar-refractivity contribution in [1.29, 1.82) is 0 Å². The van der Waals surface area contributed by atoms with E-state index in [9.17, 15) is 9.59 Å². The fraction of sp³-hybridized carbons (Fsp3) is 0.579. The number of hydrogen-bond acceptors (Lipinski definition) is 4. The predicted molar refractivity (Wildman–Crippen MR) is 102 cm³/mol. The second-order valence-corrected chi connectivity index (χ2v) is 7.13. The molecule has 25 heavy (non-hydrogen) atoms. The Labute approximate surface area is 150 Å². The van der Waals surface area contributed by atoms with E-state index in [1.165, 1.54) is 12.8 Å².